The molecule has 0 aliphatic carbocycles. The molecule has 0 aliphatic rings. The number of hydrogen-bond acceptors (Lipinski definition) is 1. The molecule has 1 aromatic heterocycles. The fourth-order valence-corrected chi connectivity index (χ4v) is 20.8. The first kappa shape index (κ1) is 20.7. The number of para-hydroxylation sites is 1. The summed E-state index contributed by atoms with van der Waals surface area (Å²) in [4.78, 5) is 5.37. The predicted molar refractivity (Wildman–Crippen MR) is 116 cm³/mol. The minimum atomic E-state index is -2.45. The summed E-state index contributed by atoms with van der Waals surface area (Å²) in [6.07, 6.45) is 9.32. The molecule has 0 aliphatic heterocycles. The van der Waals surface area contributed by atoms with Crippen LogP contribution in [0.2, 0.25) is 13.3 Å². The van der Waals surface area contributed by atoms with Gasteiger partial charge in [-0.1, -0.05) is 0 Å². The number of benzene rings is 1. The normalized spacial score (nSPS) is 12.0. The number of fused-ring (bicyclic) bond motifs is 1. The number of aromatic nitrogens is 1. The van der Waals surface area contributed by atoms with E-state index in [1.54, 1.807) is 9.27 Å². The van der Waals surface area contributed by atoms with Crippen molar-refractivity contribution in [2.75, 3.05) is 0 Å². The standard InChI is InChI=1S/C11H10N.3C4H9.Sn/c1-2-9-7-10-5-3-4-6-11(10)12-8-9;3*1-3-4-2;/h3-7H,2H2,1H3;3*1,3-4H2,2H3;. The van der Waals surface area contributed by atoms with Gasteiger partial charge in [0.25, 0.3) is 0 Å². The Hall–Kier alpha value is -0.571. The molecule has 0 radical (unpaired) electrons. The van der Waals surface area contributed by atoms with Crippen LogP contribution in [0.3, 0.4) is 0 Å². The molecule has 2 aromatic rings. The summed E-state index contributed by atoms with van der Waals surface area (Å²) in [7, 11) is 0. The van der Waals surface area contributed by atoms with Crippen LogP contribution >= 0.6 is 0 Å². The van der Waals surface area contributed by atoms with Crippen molar-refractivity contribution in [2.45, 2.75) is 86.0 Å². The summed E-state index contributed by atoms with van der Waals surface area (Å²) < 4.78 is 6.14. The second-order valence-corrected chi connectivity index (χ2v) is 20.6. The van der Waals surface area contributed by atoms with Gasteiger partial charge >= 0.3 is 160 Å². The topological polar surface area (TPSA) is 12.9 Å². The van der Waals surface area contributed by atoms with E-state index >= 15 is 0 Å². The SMILES string of the molecule is CCC[CH2][Sn]([CH2]CCC)([CH2]CCC)[c]1nc2ccccc2cc1CC. The van der Waals surface area contributed by atoms with Crippen LogP contribution in [0.25, 0.3) is 10.9 Å². The first-order valence-electron chi connectivity index (χ1n) is 10.6. The second-order valence-electron chi connectivity index (χ2n) is 7.63. The molecule has 0 unspecified atom stereocenters. The zero-order valence-electron chi connectivity index (χ0n) is 16.9. The van der Waals surface area contributed by atoms with Crippen molar-refractivity contribution in [2.24, 2.45) is 0 Å². The first-order chi connectivity index (χ1) is 12.2. The van der Waals surface area contributed by atoms with E-state index in [-0.39, 0.29) is 0 Å². The van der Waals surface area contributed by atoms with Crippen LogP contribution in [-0.4, -0.2) is 23.4 Å². The van der Waals surface area contributed by atoms with Gasteiger partial charge in [0.15, 0.2) is 0 Å². The molecule has 0 bridgehead atoms. The molecule has 0 atom stereocenters. The van der Waals surface area contributed by atoms with Crippen molar-refractivity contribution in [3.63, 3.8) is 0 Å². The van der Waals surface area contributed by atoms with E-state index in [1.807, 2.05) is 0 Å². The van der Waals surface area contributed by atoms with Gasteiger partial charge in [0.2, 0.25) is 0 Å². The quantitative estimate of drug-likeness (QED) is 0.344. The molecule has 0 amide bonds. The van der Waals surface area contributed by atoms with E-state index in [0.29, 0.717) is 0 Å². The van der Waals surface area contributed by atoms with Gasteiger partial charge in [0.05, 0.1) is 0 Å². The second kappa shape index (κ2) is 10.5. The van der Waals surface area contributed by atoms with Crippen LogP contribution in [0.5, 0.6) is 0 Å². The zero-order valence-corrected chi connectivity index (χ0v) is 19.8. The predicted octanol–water partition coefficient (Wildman–Crippen LogP) is 6.85. The van der Waals surface area contributed by atoms with Crippen LogP contribution in [0, 0.1) is 0 Å². The van der Waals surface area contributed by atoms with E-state index < -0.39 is 18.4 Å². The molecule has 0 spiro atoms. The minimum absolute atomic E-state index is 1.14. The summed E-state index contributed by atoms with van der Waals surface area (Å²) in [6.45, 7) is 9.38. The molecule has 0 N–H and O–H groups in total. The molecular weight excluding hydrogens is 409 g/mol. The van der Waals surface area contributed by atoms with Crippen molar-refractivity contribution >= 4 is 33.0 Å². The third kappa shape index (κ3) is 5.21. The molecule has 1 aromatic carbocycles. The van der Waals surface area contributed by atoms with Gasteiger partial charge in [0, 0.05) is 0 Å². The molecule has 0 saturated carbocycles. The van der Waals surface area contributed by atoms with Gasteiger partial charge < -0.3 is 0 Å². The maximum atomic E-state index is 5.37. The maximum absolute atomic E-state index is 5.37. The Balaban J connectivity index is 2.57. The Morgan fingerprint density at radius 2 is 1.36 bits per heavy atom. The Kier molecular flexibility index (Phi) is 8.75. The van der Waals surface area contributed by atoms with Gasteiger partial charge in [-0.3, -0.25) is 0 Å². The number of hydrogen-bond donors (Lipinski definition) is 0. The Morgan fingerprint density at radius 3 is 1.88 bits per heavy atom. The average molecular weight is 446 g/mol. The first-order valence-corrected chi connectivity index (χ1v) is 18.1. The molecule has 1 heterocycles. The number of aryl methyl sites for hydroxylation is 1. The van der Waals surface area contributed by atoms with Crippen molar-refractivity contribution < 1.29 is 0 Å². The van der Waals surface area contributed by atoms with Crippen LogP contribution < -0.4 is 3.71 Å². The molecule has 138 valence electrons. The Labute approximate surface area is 159 Å². The van der Waals surface area contributed by atoms with Gasteiger partial charge in [-0.15, -0.1) is 0 Å². The fourth-order valence-electron chi connectivity index (χ4n) is 4.16. The molecule has 1 nitrogen and oxygen atoms in total. The van der Waals surface area contributed by atoms with Gasteiger partial charge in [-0.2, -0.15) is 0 Å². The van der Waals surface area contributed by atoms with Crippen LogP contribution in [0.1, 0.15) is 71.8 Å². The molecule has 25 heavy (non-hydrogen) atoms. The fraction of sp³-hybridized carbons (Fsp3) is 0.609. The van der Waals surface area contributed by atoms with Crippen molar-refractivity contribution in [3.05, 3.63) is 35.9 Å². The van der Waals surface area contributed by atoms with E-state index in [4.69, 9.17) is 4.98 Å². The Bertz CT molecular complexity index is 628. The van der Waals surface area contributed by atoms with Crippen LogP contribution in [0.15, 0.2) is 30.3 Å². The van der Waals surface area contributed by atoms with Gasteiger partial charge in [-0.25, -0.2) is 0 Å². The van der Waals surface area contributed by atoms with Crippen molar-refractivity contribution in [1.82, 2.24) is 4.98 Å². The third-order valence-corrected chi connectivity index (χ3v) is 21.0. The Morgan fingerprint density at radius 1 is 0.800 bits per heavy atom. The van der Waals surface area contributed by atoms with Crippen molar-refractivity contribution in [1.29, 1.82) is 0 Å². The van der Waals surface area contributed by atoms with E-state index in [9.17, 15) is 0 Å². The summed E-state index contributed by atoms with van der Waals surface area (Å²) in [6, 6.07) is 11.2. The number of unbranched alkanes of at least 4 members (excludes halogenated alkanes) is 3. The number of nitrogens with zero attached hydrogens (tertiary/aromatic N) is 1. The number of rotatable bonds is 11. The van der Waals surface area contributed by atoms with E-state index in [0.717, 1.165) is 6.42 Å². The monoisotopic (exact) mass is 447 g/mol. The molecular formula is C23H37NSn. The molecule has 2 rings (SSSR count). The summed E-state index contributed by atoms with van der Waals surface area (Å²) >= 11 is -2.45. The molecule has 2 heteroatoms. The van der Waals surface area contributed by atoms with Crippen LogP contribution in [-0.2, 0) is 6.42 Å². The van der Waals surface area contributed by atoms with Gasteiger partial charge in [0.1, 0.15) is 0 Å². The summed E-state index contributed by atoms with van der Waals surface area (Å²) in [5.74, 6) is 0. The number of pyridine rings is 1. The molecule has 0 saturated heterocycles. The zero-order chi connectivity index (χ0) is 18.1. The summed E-state index contributed by atoms with van der Waals surface area (Å²) in [5, 5.41) is 1.32. The summed E-state index contributed by atoms with van der Waals surface area (Å²) in [5.41, 5.74) is 2.79. The van der Waals surface area contributed by atoms with Gasteiger partial charge in [-0.05, 0) is 0 Å². The van der Waals surface area contributed by atoms with E-state index in [1.165, 1.54) is 62.7 Å². The van der Waals surface area contributed by atoms with E-state index in [2.05, 4.69) is 58.0 Å². The third-order valence-electron chi connectivity index (χ3n) is 5.71. The molecule has 0 fully saturated rings. The average Bonchev–Trinajstić information content (AvgIpc) is 2.66. The van der Waals surface area contributed by atoms with Crippen LogP contribution in [0.4, 0.5) is 0 Å². The van der Waals surface area contributed by atoms with Crippen molar-refractivity contribution in [3.8, 4) is 0 Å².